The lowest BCUT2D eigenvalue weighted by Crippen LogP contribution is -2.22. The first-order valence-electron chi connectivity index (χ1n) is 5.35. The first kappa shape index (κ1) is 14.9. The Bertz CT molecular complexity index is 465. The lowest BCUT2D eigenvalue weighted by Gasteiger charge is -2.12. The number of benzene rings is 1. The quantitative estimate of drug-likeness (QED) is 0.816. The van der Waals surface area contributed by atoms with E-state index < -0.39 is 5.82 Å². The van der Waals surface area contributed by atoms with Gasteiger partial charge in [0.1, 0.15) is 10.8 Å². The second kappa shape index (κ2) is 6.70. The van der Waals surface area contributed by atoms with Gasteiger partial charge in [0.05, 0.1) is 0 Å². The zero-order valence-electron chi connectivity index (χ0n) is 10.2. The van der Waals surface area contributed by atoms with Gasteiger partial charge >= 0.3 is 0 Å². The number of thiocarbonyl (C=S) groups is 1. The van der Waals surface area contributed by atoms with Crippen LogP contribution in [0.15, 0.2) is 18.2 Å². The van der Waals surface area contributed by atoms with Crippen LogP contribution in [-0.2, 0) is 4.79 Å². The third-order valence-electron chi connectivity index (χ3n) is 2.36. The van der Waals surface area contributed by atoms with Crippen LogP contribution in [0, 0.1) is 11.7 Å². The molecule has 1 unspecified atom stereocenters. The standard InChI is InChI=1S/C12H15FN2OS2/c1-7(6-18-2)12(16)15-8-3-4-10(13)9(5-8)11(14)17/h3-5,7H,6H2,1-2H3,(H2,14,17)(H,15,16). The van der Waals surface area contributed by atoms with Crippen molar-refractivity contribution < 1.29 is 9.18 Å². The highest BCUT2D eigenvalue weighted by Gasteiger charge is 2.13. The van der Waals surface area contributed by atoms with Gasteiger partial charge in [0.15, 0.2) is 0 Å². The summed E-state index contributed by atoms with van der Waals surface area (Å²) in [5.41, 5.74) is 6.03. The van der Waals surface area contributed by atoms with Gasteiger partial charge in [-0.2, -0.15) is 11.8 Å². The number of hydrogen-bond donors (Lipinski definition) is 2. The average molecular weight is 286 g/mol. The van der Waals surface area contributed by atoms with Gasteiger partial charge in [0, 0.05) is 22.9 Å². The Hall–Kier alpha value is -1.14. The number of nitrogens with one attached hydrogen (secondary N) is 1. The Morgan fingerprint density at radius 1 is 1.61 bits per heavy atom. The summed E-state index contributed by atoms with van der Waals surface area (Å²) in [6, 6.07) is 4.17. The summed E-state index contributed by atoms with van der Waals surface area (Å²) in [5.74, 6) is 0.0238. The fourth-order valence-corrected chi connectivity index (χ4v) is 2.19. The fraction of sp³-hybridized carbons (Fsp3) is 0.333. The lowest BCUT2D eigenvalue weighted by atomic mass is 10.1. The maximum atomic E-state index is 13.4. The minimum atomic E-state index is -0.488. The molecule has 0 aromatic heterocycles. The predicted octanol–water partition coefficient (Wildman–Crippen LogP) is 2.40. The van der Waals surface area contributed by atoms with Crippen LogP contribution in [0.5, 0.6) is 0 Å². The topological polar surface area (TPSA) is 55.1 Å². The van der Waals surface area contributed by atoms with Crippen molar-refractivity contribution in [3.8, 4) is 0 Å². The Labute approximate surface area is 115 Å². The van der Waals surface area contributed by atoms with Gasteiger partial charge in [-0.3, -0.25) is 4.79 Å². The average Bonchev–Trinajstić information content (AvgIpc) is 2.31. The van der Waals surface area contributed by atoms with Crippen LogP contribution in [-0.4, -0.2) is 22.9 Å². The van der Waals surface area contributed by atoms with E-state index in [-0.39, 0.29) is 22.4 Å². The van der Waals surface area contributed by atoms with E-state index in [0.29, 0.717) is 5.69 Å². The molecule has 6 heteroatoms. The molecule has 3 N–H and O–H groups in total. The van der Waals surface area contributed by atoms with Gasteiger partial charge < -0.3 is 11.1 Å². The van der Waals surface area contributed by atoms with Crippen LogP contribution in [0.25, 0.3) is 0 Å². The second-order valence-electron chi connectivity index (χ2n) is 3.90. The Morgan fingerprint density at radius 3 is 2.83 bits per heavy atom. The van der Waals surface area contributed by atoms with Gasteiger partial charge in [-0.05, 0) is 24.5 Å². The summed E-state index contributed by atoms with van der Waals surface area (Å²) in [4.78, 5) is 11.8. The van der Waals surface area contributed by atoms with Gasteiger partial charge in [0.25, 0.3) is 0 Å². The number of hydrogen-bond acceptors (Lipinski definition) is 3. The molecule has 0 bridgehead atoms. The summed E-state index contributed by atoms with van der Waals surface area (Å²) in [7, 11) is 0. The molecule has 0 saturated carbocycles. The summed E-state index contributed by atoms with van der Waals surface area (Å²) in [5, 5.41) is 2.71. The highest BCUT2D eigenvalue weighted by atomic mass is 32.2. The number of halogens is 1. The molecule has 0 aliphatic heterocycles. The van der Waals surface area contributed by atoms with Gasteiger partial charge in [0.2, 0.25) is 5.91 Å². The molecule has 0 spiro atoms. The van der Waals surface area contributed by atoms with Gasteiger partial charge in [-0.1, -0.05) is 19.1 Å². The van der Waals surface area contributed by atoms with E-state index in [0.717, 1.165) is 5.75 Å². The van der Waals surface area contributed by atoms with Crippen molar-refractivity contribution in [2.24, 2.45) is 11.7 Å². The largest absolute Gasteiger partial charge is 0.389 e. The first-order valence-corrected chi connectivity index (χ1v) is 7.15. The van der Waals surface area contributed by atoms with Crippen molar-refractivity contribution in [2.45, 2.75) is 6.92 Å². The predicted molar refractivity (Wildman–Crippen MR) is 78.5 cm³/mol. The molecule has 0 radical (unpaired) electrons. The van der Waals surface area contributed by atoms with Crippen molar-refractivity contribution in [1.29, 1.82) is 0 Å². The highest BCUT2D eigenvalue weighted by molar-refractivity contribution is 7.98. The molecule has 1 aromatic carbocycles. The van der Waals surface area contributed by atoms with Crippen LogP contribution in [0.2, 0.25) is 0 Å². The second-order valence-corrected chi connectivity index (χ2v) is 5.26. The minimum Gasteiger partial charge on any atom is -0.389 e. The van der Waals surface area contributed by atoms with E-state index in [9.17, 15) is 9.18 Å². The third-order valence-corrected chi connectivity index (χ3v) is 3.42. The Morgan fingerprint density at radius 2 is 2.28 bits per heavy atom. The van der Waals surface area contributed by atoms with Crippen LogP contribution in [0.4, 0.5) is 10.1 Å². The summed E-state index contributed by atoms with van der Waals surface area (Å²) in [6.07, 6.45) is 1.94. The molecular formula is C12H15FN2OS2. The Balaban J connectivity index is 2.82. The molecule has 1 amide bonds. The van der Waals surface area contributed by atoms with Crippen molar-refractivity contribution >= 4 is 40.6 Å². The maximum absolute atomic E-state index is 13.4. The SMILES string of the molecule is CSCC(C)C(=O)Nc1ccc(F)c(C(N)=S)c1. The van der Waals surface area contributed by atoms with Crippen LogP contribution >= 0.6 is 24.0 Å². The molecule has 0 fully saturated rings. The van der Waals surface area contributed by atoms with E-state index in [2.05, 4.69) is 5.32 Å². The number of carbonyl (C=O) groups is 1. The molecule has 98 valence electrons. The minimum absolute atomic E-state index is 0.0271. The number of rotatable bonds is 5. The van der Waals surface area contributed by atoms with Crippen molar-refractivity contribution in [3.05, 3.63) is 29.6 Å². The maximum Gasteiger partial charge on any atom is 0.228 e. The monoisotopic (exact) mass is 286 g/mol. The fourth-order valence-electron chi connectivity index (χ4n) is 1.38. The van der Waals surface area contributed by atoms with E-state index in [1.54, 1.807) is 11.8 Å². The molecule has 3 nitrogen and oxygen atoms in total. The van der Waals surface area contributed by atoms with Gasteiger partial charge in [-0.15, -0.1) is 0 Å². The van der Waals surface area contributed by atoms with E-state index in [1.807, 2.05) is 13.2 Å². The number of thioether (sulfide) groups is 1. The van der Waals surface area contributed by atoms with E-state index in [4.69, 9.17) is 18.0 Å². The molecule has 18 heavy (non-hydrogen) atoms. The number of carbonyl (C=O) groups excluding carboxylic acids is 1. The zero-order chi connectivity index (χ0) is 13.7. The smallest absolute Gasteiger partial charge is 0.228 e. The normalized spacial score (nSPS) is 11.9. The molecule has 0 aliphatic carbocycles. The lowest BCUT2D eigenvalue weighted by molar-refractivity contribution is -0.118. The molecule has 0 heterocycles. The van der Waals surface area contributed by atoms with Gasteiger partial charge in [-0.25, -0.2) is 4.39 Å². The van der Waals surface area contributed by atoms with E-state index >= 15 is 0 Å². The Kier molecular flexibility index (Phi) is 5.55. The summed E-state index contributed by atoms with van der Waals surface area (Å²) >= 11 is 6.34. The number of amides is 1. The molecule has 1 aromatic rings. The first-order chi connectivity index (χ1) is 8.45. The zero-order valence-corrected chi connectivity index (χ0v) is 11.8. The van der Waals surface area contributed by atoms with Crippen molar-refractivity contribution in [3.63, 3.8) is 0 Å². The summed E-state index contributed by atoms with van der Waals surface area (Å²) < 4.78 is 13.4. The van der Waals surface area contributed by atoms with E-state index in [1.165, 1.54) is 18.2 Å². The molecule has 1 atom stereocenters. The molecule has 0 saturated heterocycles. The van der Waals surface area contributed by atoms with Crippen LogP contribution in [0.3, 0.4) is 0 Å². The summed E-state index contributed by atoms with van der Waals surface area (Å²) in [6.45, 7) is 1.84. The molecule has 0 aliphatic rings. The number of nitrogens with two attached hydrogens (primary N) is 1. The number of anilines is 1. The van der Waals surface area contributed by atoms with Crippen molar-refractivity contribution in [1.82, 2.24) is 0 Å². The third kappa shape index (κ3) is 3.96. The molecular weight excluding hydrogens is 271 g/mol. The van der Waals surface area contributed by atoms with Crippen LogP contribution in [0.1, 0.15) is 12.5 Å². The highest BCUT2D eigenvalue weighted by Crippen LogP contribution is 2.16. The van der Waals surface area contributed by atoms with Crippen molar-refractivity contribution in [2.75, 3.05) is 17.3 Å². The molecule has 1 rings (SSSR count). The van der Waals surface area contributed by atoms with Crippen LogP contribution < -0.4 is 11.1 Å².